The van der Waals surface area contributed by atoms with Gasteiger partial charge >= 0.3 is 0 Å². The van der Waals surface area contributed by atoms with Crippen molar-refractivity contribution >= 4 is 17.9 Å². The van der Waals surface area contributed by atoms with Gasteiger partial charge in [0.15, 0.2) is 0 Å². The van der Waals surface area contributed by atoms with Crippen LogP contribution >= 0.6 is 0 Å². The predicted molar refractivity (Wildman–Crippen MR) is 107 cm³/mol. The molecule has 0 unspecified atom stereocenters. The largest absolute Gasteiger partial charge is 0.352 e. The lowest BCUT2D eigenvalue weighted by Gasteiger charge is -2.30. The smallest absolute Gasteiger partial charge is 0.246 e. The summed E-state index contributed by atoms with van der Waals surface area (Å²) in [5.74, 6) is 0.513. The van der Waals surface area contributed by atoms with Gasteiger partial charge in [0, 0.05) is 56.0 Å². The van der Waals surface area contributed by atoms with E-state index in [0.29, 0.717) is 19.0 Å². The number of aromatic nitrogens is 2. The van der Waals surface area contributed by atoms with E-state index in [1.807, 2.05) is 59.1 Å². The van der Waals surface area contributed by atoms with Crippen LogP contribution in [-0.4, -0.2) is 45.6 Å². The SMILES string of the molecule is Cn1nccc1[C@@H]1C[C@H]1NC(=O)C1CCN(C(=O)/C=C/c2ccccc2)CC1. The van der Waals surface area contributed by atoms with E-state index >= 15 is 0 Å². The third-order valence-electron chi connectivity index (χ3n) is 5.75. The third kappa shape index (κ3) is 4.16. The van der Waals surface area contributed by atoms with Crippen molar-refractivity contribution in [1.29, 1.82) is 0 Å². The molecule has 2 heterocycles. The Morgan fingerprint density at radius 2 is 1.89 bits per heavy atom. The molecule has 1 aliphatic heterocycles. The highest BCUT2D eigenvalue weighted by Gasteiger charge is 2.42. The summed E-state index contributed by atoms with van der Waals surface area (Å²) in [5, 5.41) is 7.38. The van der Waals surface area contributed by atoms with Gasteiger partial charge < -0.3 is 10.2 Å². The van der Waals surface area contributed by atoms with Crippen molar-refractivity contribution in [2.24, 2.45) is 13.0 Å². The molecule has 28 heavy (non-hydrogen) atoms. The molecule has 0 bridgehead atoms. The number of carbonyl (C=O) groups excluding carboxylic acids is 2. The Morgan fingerprint density at radius 1 is 1.14 bits per heavy atom. The minimum atomic E-state index is -0.00469. The summed E-state index contributed by atoms with van der Waals surface area (Å²) in [6.07, 6.45) is 7.68. The molecule has 1 N–H and O–H groups in total. The Hall–Kier alpha value is -2.89. The van der Waals surface area contributed by atoms with Gasteiger partial charge in [-0.25, -0.2) is 0 Å². The van der Waals surface area contributed by atoms with Gasteiger partial charge in [-0.3, -0.25) is 14.3 Å². The molecule has 2 fully saturated rings. The highest BCUT2D eigenvalue weighted by atomic mass is 16.2. The van der Waals surface area contributed by atoms with Crippen LogP contribution in [-0.2, 0) is 16.6 Å². The molecule has 1 saturated heterocycles. The van der Waals surface area contributed by atoms with Crippen LogP contribution < -0.4 is 5.32 Å². The molecule has 2 atom stereocenters. The minimum Gasteiger partial charge on any atom is -0.352 e. The van der Waals surface area contributed by atoms with Crippen molar-refractivity contribution in [2.45, 2.75) is 31.2 Å². The lowest BCUT2D eigenvalue weighted by molar-refractivity contribution is -0.132. The van der Waals surface area contributed by atoms with Gasteiger partial charge in [-0.05, 0) is 37.0 Å². The zero-order valence-corrected chi connectivity index (χ0v) is 16.1. The zero-order chi connectivity index (χ0) is 19.5. The summed E-state index contributed by atoms with van der Waals surface area (Å²) >= 11 is 0. The molecule has 1 aliphatic carbocycles. The van der Waals surface area contributed by atoms with E-state index < -0.39 is 0 Å². The molecule has 1 aromatic heterocycles. The zero-order valence-electron chi connectivity index (χ0n) is 16.1. The Morgan fingerprint density at radius 3 is 2.57 bits per heavy atom. The summed E-state index contributed by atoms with van der Waals surface area (Å²) < 4.78 is 1.88. The maximum Gasteiger partial charge on any atom is 0.246 e. The lowest BCUT2D eigenvalue weighted by Crippen LogP contribution is -2.43. The monoisotopic (exact) mass is 378 g/mol. The summed E-state index contributed by atoms with van der Waals surface area (Å²) in [6.45, 7) is 1.26. The number of aryl methyl sites for hydroxylation is 1. The first-order valence-electron chi connectivity index (χ1n) is 9.92. The summed E-state index contributed by atoms with van der Waals surface area (Å²) in [6, 6.07) is 12.0. The van der Waals surface area contributed by atoms with Gasteiger partial charge in [0.1, 0.15) is 0 Å². The summed E-state index contributed by atoms with van der Waals surface area (Å²) in [4.78, 5) is 26.8. The van der Waals surface area contributed by atoms with E-state index in [2.05, 4.69) is 10.4 Å². The molecular formula is C22H26N4O2. The molecule has 2 aromatic rings. The maximum absolute atomic E-state index is 12.6. The third-order valence-corrected chi connectivity index (χ3v) is 5.75. The van der Waals surface area contributed by atoms with Crippen molar-refractivity contribution in [3.8, 4) is 0 Å². The number of hydrogen-bond donors (Lipinski definition) is 1. The molecule has 1 saturated carbocycles. The number of benzene rings is 1. The Kier molecular flexibility index (Phi) is 5.28. The van der Waals surface area contributed by atoms with E-state index in [1.54, 1.807) is 12.3 Å². The van der Waals surface area contributed by atoms with E-state index in [-0.39, 0.29) is 23.8 Å². The van der Waals surface area contributed by atoms with Crippen LogP contribution in [0.2, 0.25) is 0 Å². The standard InChI is InChI=1S/C22H26N4O2/c1-25-20(9-12-23-25)18-15-19(18)24-22(28)17-10-13-26(14-11-17)21(27)8-7-16-5-3-2-4-6-16/h2-9,12,17-19H,10-11,13-15H2,1H3,(H,24,28)/b8-7+/t18-,19-/m1/s1. The number of nitrogens with one attached hydrogen (secondary N) is 1. The van der Waals surface area contributed by atoms with E-state index in [4.69, 9.17) is 0 Å². The molecule has 6 heteroatoms. The number of hydrogen-bond acceptors (Lipinski definition) is 3. The highest BCUT2D eigenvalue weighted by molar-refractivity contribution is 5.92. The maximum atomic E-state index is 12.6. The molecule has 0 radical (unpaired) electrons. The van der Waals surface area contributed by atoms with Crippen LogP contribution in [0.1, 0.15) is 36.4 Å². The first kappa shape index (κ1) is 18.5. The van der Waals surface area contributed by atoms with Crippen molar-refractivity contribution < 1.29 is 9.59 Å². The number of amides is 2. The van der Waals surface area contributed by atoms with Crippen LogP contribution in [0.5, 0.6) is 0 Å². The Labute approximate surface area is 165 Å². The fourth-order valence-electron chi connectivity index (χ4n) is 3.93. The summed E-state index contributed by atoms with van der Waals surface area (Å²) in [7, 11) is 1.94. The van der Waals surface area contributed by atoms with Crippen LogP contribution in [0, 0.1) is 5.92 Å². The number of piperidine rings is 1. The second-order valence-electron chi connectivity index (χ2n) is 7.68. The fraction of sp³-hybridized carbons (Fsp3) is 0.409. The van der Waals surface area contributed by atoms with Crippen molar-refractivity contribution in [3.63, 3.8) is 0 Å². The number of likely N-dealkylation sites (tertiary alicyclic amines) is 1. The van der Waals surface area contributed by atoms with Gasteiger partial charge in [0.25, 0.3) is 0 Å². The second kappa shape index (κ2) is 8.00. The Balaban J connectivity index is 1.23. The lowest BCUT2D eigenvalue weighted by atomic mass is 9.95. The van der Waals surface area contributed by atoms with Gasteiger partial charge in [-0.1, -0.05) is 30.3 Å². The average Bonchev–Trinajstić information content (AvgIpc) is 3.35. The summed E-state index contributed by atoms with van der Waals surface area (Å²) in [5.41, 5.74) is 2.19. The quantitative estimate of drug-likeness (QED) is 0.812. The van der Waals surface area contributed by atoms with Crippen LogP contribution in [0.4, 0.5) is 0 Å². The van der Waals surface area contributed by atoms with Gasteiger partial charge in [-0.15, -0.1) is 0 Å². The topological polar surface area (TPSA) is 67.2 Å². The van der Waals surface area contributed by atoms with Crippen molar-refractivity contribution in [2.75, 3.05) is 13.1 Å². The molecule has 4 rings (SSSR count). The molecule has 0 spiro atoms. The molecule has 2 amide bonds. The molecule has 1 aromatic carbocycles. The molecule has 6 nitrogen and oxygen atoms in total. The molecule has 146 valence electrons. The van der Waals surface area contributed by atoms with Crippen molar-refractivity contribution in [1.82, 2.24) is 20.0 Å². The van der Waals surface area contributed by atoms with Crippen molar-refractivity contribution in [3.05, 3.63) is 59.9 Å². The van der Waals surface area contributed by atoms with Crippen LogP contribution in [0.3, 0.4) is 0 Å². The van der Waals surface area contributed by atoms with E-state index in [1.165, 1.54) is 5.69 Å². The molecule has 2 aliphatic rings. The van der Waals surface area contributed by atoms with Crippen LogP contribution in [0.15, 0.2) is 48.7 Å². The highest BCUT2D eigenvalue weighted by Crippen LogP contribution is 2.40. The number of carbonyl (C=O) groups is 2. The normalized spacial score (nSPS) is 22.4. The van der Waals surface area contributed by atoms with E-state index in [0.717, 1.165) is 24.8 Å². The Bertz CT molecular complexity index is 866. The first-order chi connectivity index (χ1) is 13.6. The van der Waals surface area contributed by atoms with E-state index in [9.17, 15) is 9.59 Å². The fourth-order valence-corrected chi connectivity index (χ4v) is 3.93. The number of rotatable bonds is 5. The predicted octanol–water partition coefficient (Wildman–Crippen LogP) is 2.34. The minimum absolute atomic E-state index is 0.00469. The first-order valence-corrected chi connectivity index (χ1v) is 9.92. The van der Waals surface area contributed by atoms with Gasteiger partial charge in [-0.2, -0.15) is 5.10 Å². The molecular weight excluding hydrogens is 352 g/mol. The number of nitrogens with zero attached hydrogens (tertiary/aromatic N) is 3. The van der Waals surface area contributed by atoms with Gasteiger partial charge in [0.2, 0.25) is 11.8 Å². The van der Waals surface area contributed by atoms with Gasteiger partial charge in [0.05, 0.1) is 0 Å². The average molecular weight is 378 g/mol. The van der Waals surface area contributed by atoms with Crippen LogP contribution in [0.25, 0.3) is 6.08 Å². The second-order valence-corrected chi connectivity index (χ2v) is 7.68.